The van der Waals surface area contributed by atoms with Gasteiger partial charge in [-0.3, -0.25) is 4.90 Å². The van der Waals surface area contributed by atoms with Crippen LogP contribution in [-0.4, -0.2) is 47.2 Å². The minimum Gasteiger partial charge on any atom is -0.444 e. The fraction of sp³-hybridized carbons (Fsp3) is 0.476. The summed E-state index contributed by atoms with van der Waals surface area (Å²) < 4.78 is 6.63. The molecule has 0 aromatic heterocycles. The van der Waals surface area contributed by atoms with E-state index in [0.717, 1.165) is 17.6 Å². The molecule has 1 fully saturated rings. The van der Waals surface area contributed by atoms with E-state index in [1.54, 1.807) is 0 Å². The number of piperazine rings is 1. The van der Waals surface area contributed by atoms with E-state index in [2.05, 4.69) is 64.2 Å². The number of nitrogens with zero attached hydrogens (tertiary/aromatic N) is 2. The van der Waals surface area contributed by atoms with Crippen molar-refractivity contribution in [2.75, 3.05) is 19.6 Å². The highest BCUT2D eigenvalue weighted by Gasteiger charge is 2.29. The molecule has 140 valence electrons. The van der Waals surface area contributed by atoms with Crippen molar-refractivity contribution < 1.29 is 9.53 Å². The quantitative estimate of drug-likeness (QED) is 0.684. The molecule has 3 rings (SSSR count). The number of carbonyl (C=O) groups excluding carboxylic acids is 1. The average Bonchev–Trinajstić information content (AvgIpc) is 2.55. The van der Waals surface area contributed by atoms with Crippen LogP contribution in [0, 0.1) is 0 Å². The molecule has 0 unspecified atom stereocenters. The molecule has 1 amide bonds. The van der Waals surface area contributed by atoms with Gasteiger partial charge in [-0.2, -0.15) is 0 Å². The molecule has 4 nitrogen and oxygen atoms in total. The fourth-order valence-electron chi connectivity index (χ4n) is 3.35. The van der Waals surface area contributed by atoms with Crippen molar-refractivity contribution in [3.63, 3.8) is 0 Å². The monoisotopic (exact) mass is 418 g/mol. The van der Waals surface area contributed by atoms with Crippen LogP contribution in [0.4, 0.5) is 4.79 Å². The van der Waals surface area contributed by atoms with Crippen molar-refractivity contribution in [3.8, 4) is 0 Å². The number of ether oxygens (including phenoxy) is 1. The highest BCUT2D eigenvalue weighted by atomic mass is 79.9. The van der Waals surface area contributed by atoms with Crippen LogP contribution in [0.2, 0.25) is 0 Å². The van der Waals surface area contributed by atoms with Gasteiger partial charge < -0.3 is 9.64 Å². The van der Waals surface area contributed by atoms with E-state index in [1.807, 2.05) is 25.7 Å². The molecule has 1 aliphatic heterocycles. The number of carbonyl (C=O) groups is 1. The molecule has 0 saturated carbocycles. The zero-order chi connectivity index (χ0) is 18.9. The van der Waals surface area contributed by atoms with Crippen molar-refractivity contribution in [1.29, 1.82) is 0 Å². The number of hydrogen-bond acceptors (Lipinski definition) is 3. The van der Waals surface area contributed by atoms with Gasteiger partial charge in [0.1, 0.15) is 5.60 Å². The summed E-state index contributed by atoms with van der Waals surface area (Å²) in [6.07, 6.45) is -0.209. The third kappa shape index (κ3) is 4.57. The Labute approximate surface area is 164 Å². The highest BCUT2D eigenvalue weighted by Crippen LogP contribution is 2.25. The molecule has 5 heteroatoms. The van der Waals surface area contributed by atoms with Crippen molar-refractivity contribution >= 4 is 32.8 Å². The van der Waals surface area contributed by atoms with Crippen LogP contribution >= 0.6 is 15.9 Å². The lowest BCUT2D eigenvalue weighted by molar-refractivity contribution is 0.00462. The van der Waals surface area contributed by atoms with Crippen LogP contribution in [0.25, 0.3) is 10.8 Å². The lowest BCUT2D eigenvalue weighted by Gasteiger charge is -2.40. The second kappa shape index (κ2) is 7.57. The van der Waals surface area contributed by atoms with E-state index in [4.69, 9.17) is 4.74 Å². The van der Waals surface area contributed by atoms with Crippen molar-refractivity contribution in [3.05, 3.63) is 46.4 Å². The first-order valence-corrected chi connectivity index (χ1v) is 9.91. The molecule has 0 N–H and O–H groups in total. The minimum atomic E-state index is -0.448. The average molecular weight is 419 g/mol. The molecule has 0 aliphatic carbocycles. The summed E-state index contributed by atoms with van der Waals surface area (Å²) >= 11 is 3.61. The van der Waals surface area contributed by atoms with E-state index in [9.17, 15) is 4.79 Å². The number of amides is 1. The topological polar surface area (TPSA) is 32.8 Å². The first-order valence-electron chi connectivity index (χ1n) is 9.12. The number of halogens is 1. The van der Waals surface area contributed by atoms with Crippen LogP contribution in [0.5, 0.6) is 0 Å². The van der Waals surface area contributed by atoms with Gasteiger partial charge in [-0.15, -0.1) is 0 Å². The van der Waals surface area contributed by atoms with Crippen LogP contribution in [-0.2, 0) is 11.3 Å². The molecule has 1 heterocycles. The van der Waals surface area contributed by atoms with E-state index >= 15 is 0 Å². The standard InChI is InChI=1S/C21H27BrN2O2/c1-15-13-24(20(25)26-21(2,3)4)11-10-23(15)14-16-8-9-18-17(12-16)6-5-7-19(18)22/h5-9,12,15H,10-11,13-14H2,1-4H3/t15-/m0/s1. The Kier molecular flexibility index (Phi) is 5.58. The molecule has 0 radical (unpaired) electrons. The SMILES string of the molecule is C[C@H]1CN(C(=O)OC(C)(C)C)CCN1Cc1ccc2c(Br)cccc2c1. The first-order chi connectivity index (χ1) is 12.2. The van der Waals surface area contributed by atoms with Crippen LogP contribution in [0.1, 0.15) is 33.3 Å². The molecular formula is C21H27BrN2O2. The van der Waals surface area contributed by atoms with Gasteiger partial charge >= 0.3 is 6.09 Å². The molecule has 26 heavy (non-hydrogen) atoms. The molecule has 0 spiro atoms. The van der Waals surface area contributed by atoms with Gasteiger partial charge in [0.05, 0.1) is 0 Å². The molecule has 1 saturated heterocycles. The Morgan fingerprint density at radius 1 is 1.23 bits per heavy atom. The fourth-order valence-corrected chi connectivity index (χ4v) is 3.86. The second-order valence-electron chi connectivity index (χ2n) is 8.04. The molecule has 2 aromatic carbocycles. The first kappa shape index (κ1) is 19.2. The zero-order valence-corrected chi connectivity index (χ0v) is 17.5. The summed E-state index contributed by atoms with van der Waals surface area (Å²) in [5.74, 6) is 0. The van der Waals surface area contributed by atoms with E-state index in [-0.39, 0.29) is 6.09 Å². The maximum absolute atomic E-state index is 12.3. The van der Waals surface area contributed by atoms with Gasteiger partial charge in [0.15, 0.2) is 0 Å². The van der Waals surface area contributed by atoms with Gasteiger partial charge in [0, 0.05) is 36.7 Å². The third-order valence-electron chi connectivity index (χ3n) is 4.69. The van der Waals surface area contributed by atoms with Gasteiger partial charge in [0.2, 0.25) is 0 Å². The van der Waals surface area contributed by atoms with E-state index in [0.29, 0.717) is 19.1 Å². The normalized spacial score (nSPS) is 19.0. The summed E-state index contributed by atoms with van der Waals surface area (Å²) in [5.41, 5.74) is 0.852. The van der Waals surface area contributed by atoms with Gasteiger partial charge in [0.25, 0.3) is 0 Å². The molecule has 0 bridgehead atoms. The highest BCUT2D eigenvalue weighted by molar-refractivity contribution is 9.10. The Hall–Kier alpha value is -1.59. The number of fused-ring (bicyclic) bond motifs is 1. The largest absolute Gasteiger partial charge is 0.444 e. The van der Waals surface area contributed by atoms with Crippen LogP contribution < -0.4 is 0 Å². The summed E-state index contributed by atoms with van der Waals surface area (Å²) in [4.78, 5) is 16.5. The molecule has 2 aromatic rings. The summed E-state index contributed by atoms with van der Waals surface area (Å²) in [6.45, 7) is 11.1. The third-order valence-corrected chi connectivity index (χ3v) is 5.39. The summed E-state index contributed by atoms with van der Waals surface area (Å²) in [7, 11) is 0. The second-order valence-corrected chi connectivity index (χ2v) is 8.90. The zero-order valence-electron chi connectivity index (χ0n) is 16.0. The smallest absolute Gasteiger partial charge is 0.410 e. The Morgan fingerprint density at radius 3 is 2.69 bits per heavy atom. The summed E-state index contributed by atoms with van der Waals surface area (Å²) in [6, 6.07) is 13.2. The van der Waals surface area contributed by atoms with Crippen molar-refractivity contribution in [2.24, 2.45) is 0 Å². The molecule has 1 aliphatic rings. The maximum Gasteiger partial charge on any atom is 0.410 e. The molecule has 1 atom stereocenters. The van der Waals surface area contributed by atoms with Crippen LogP contribution in [0.15, 0.2) is 40.9 Å². The summed E-state index contributed by atoms with van der Waals surface area (Å²) in [5, 5.41) is 2.48. The minimum absolute atomic E-state index is 0.209. The Bertz CT molecular complexity index is 800. The van der Waals surface area contributed by atoms with Gasteiger partial charge in [-0.25, -0.2) is 4.79 Å². The van der Waals surface area contributed by atoms with Gasteiger partial charge in [-0.1, -0.05) is 40.2 Å². The van der Waals surface area contributed by atoms with E-state index < -0.39 is 5.60 Å². The Balaban J connectivity index is 1.64. The lowest BCUT2D eigenvalue weighted by Crippen LogP contribution is -2.54. The van der Waals surface area contributed by atoms with Crippen molar-refractivity contribution in [2.45, 2.75) is 45.9 Å². The lowest BCUT2D eigenvalue weighted by atomic mass is 10.1. The van der Waals surface area contributed by atoms with Gasteiger partial charge in [-0.05, 0) is 56.2 Å². The molecular weight excluding hydrogens is 392 g/mol. The number of benzene rings is 2. The number of rotatable bonds is 2. The van der Waals surface area contributed by atoms with Crippen molar-refractivity contribution in [1.82, 2.24) is 9.80 Å². The van der Waals surface area contributed by atoms with Crippen LogP contribution in [0.3, 0.4) is 0 Å². The predicted molar refractivity (Wildman–Crippen MR) is 109 cm³/mol. The predicted octanol–water partition coefficient (Wildman–Crippen LogP) is 5.04. The van der Waals surface area contributed by atoms with E-state index in [1.165, 1.54) is 16.3 Å². The number of hydrogen-bond donors (Lipinski definition) is 0. The Morgan fingerprint density at radius 2 is 2.00 bits per heavy atom. The maximum atomic E-state index is 12.3.